The fourth-order valence-corrected chi connectivity index (χ4v) is 2.25. The maximum atomic E-state index is 12.1. The Hall–Kier alpha value is -1.59. The summed E-state index contributed by atoms with van der Waals surface area (Å²) in [5.74, 6) is -0.178. The summed E-state index contributed by atoms with van der Waals surface area (Å²) in [6, 6.07) is 4.75. The third-order valence-electron chi connectivity index (χ3n) is 2.91. The van der Waals surface area contributed by atoms with Crippen LogP contribution in [0.5, 0.6) is 0 Å². The van der Waals surface area contributed by atoms with E-state index < -0.39 is 0 Å². The number of hydrogen-bond donors (Lipinski definition) is 1. The van der Waals surface area contributed by atoms with Gasteiger partial charge in [-0.25, -0.2) is 4.79 Å². The zero-order valence-corrected chi connectivity index (χ0v) is 11.4. The predicted octanol–water partition coefficient (Wildman–Crippen LogP) is 2.41. The Bertz CT molecular complexity index is 499. The monoisotopic (exact) mass is 282 g/mol. The number of anilines is 1. The van der Waals surface area contributed by atoms with Gasteiger partial charge in [0.25, 0.3) is 0 Å². The van der Waals surface area contributed by atoms with Crippen molar-refractivity contribution in [2.24, 2.45) is 0 Å². The van der Waals surface area contributed by atoms with E-state index in [1.807, 2.05) is 0 Å². The summed E-state index contributed by atoms with van der Waals surface area (Å²) in [5.41, 5.74) is 0.780. The van der Waals surface area contributed by atoms with Crippen molar-refractivity contribution >= 4 is 29.1 Å². The molecule has 0 radical (unpaired) electrons. The molecule has 0 aromatic heterocycles. The van der Waals surface area contributed by atoms with Crippen LogP contribution < -0.4 is 5.32 Å². The Labute approximate surface area is 116 Å². The smallest absolute Gasteiger partial charge is 0.322 e. The summed E-state index contributed by atoms with van der Waals surface area (Å²) in [4.78, 5) is 25.3. The molecule has 0 bridgehead atoms. The van der Waals surface area contributed by atoms with Crippen LogP contribution in [0.1, 0.15) is 17.3 Å². The first kappa shape index (κ1) is 13.8. The highest BCUT2D eigenvalue weighted by Gasteiger charge is 2.19. The number of Topliss-reactive ketones (excluding diaryl/α,β-unsaturated/α-hetero) is 1. The van der Waals surface area contributed by atoms with Crippen LogP contribution >= 0.6 is 11.6 Å². The van der Waals surface area contributed by atoms with Gasteiger partial charge in [0.15, 0.2) is 5.78 Å². The van der Waals surface area contributed by atoms with Crippen molar-refractivity contribution in [1.82, 2.24) is 4.90 Å². The molecule has 0 saturated carbocycles. The molecule has 5 nitrogen and oxygen atoms in total. The van der Waals surface area contributed by atoms with Crippen molar-refractivity contribution in [2.75, 3.05) is 31.6 Å². The van der Waals surface area contributed by atoms with E-state index in [-0.39, 0.29) is 11.8 Å². The van der Waals surface area contributed by atoms with Gasteiger partial charge >= 0.3 is 6.03 Å². The van der Waals surface area contributed by atoms with Crippen LogP contribution in [0.25, 0.3) is 0 Å². The molecule has 6 heteroatoms. The third-order valence-corrected chi connectivity index (χ3v) is 3.22. The molecular weight excluding hydrogens is 268 g/mol. The number of carbonyl (C=O) groups excluding carboxylic acids is 2. The van der Waals surface area contributed by atoms with Gasteiger partial charge in [-0.05, 0) is 19.1 Å². The SMILES string of the molecule is CC(=O)c1c(Cl)cccc1NC(=O)N1CCOCC1. The van der Waals surface area contributed by atoms with Gasteiger partial charge in [0.2, 0.25) is 0 Å². The topological polar surface area (TPSA) is 58.6 Å². The number of carbonyl (C=O) groups is 2. The predicted molar refractivity (Wildman–Crippen MR) is 72.9 cm³/mol. The third kappa shape index (κ3) is 3.24. The second kappa shape index (κ2) is 6.04. The van der Waals surface area contributed by atoms with Crippen LogP contribution in [0.3, 0.4) is 0 Å². The lowest BCUT2D eigenvalue weighted by Gasteiger charge is -2.27. The van der Waals surface area contributed by atoms with Gasteiger partial charge in [0.1, 0.15) is 0 Å². The minimum atomic E-state index is -0.243. The molecule has 1 aliphatic rings. The average Bonchev–Trinajstić information content (AvgIpc) is 2.39. The Balaban J connectivity index is 2.16. The maximum absolute atomic E-state index is 12.1. The molecule has 1 saturated heterocycles. The van der Waals surface area contributed by atoms with E-state index in [0.29, 0.717) is 42.6 Å². The Morgan fingerprint density at radius 1 is 1.32 bits per heavy atom. The molecule has 1 heterocycles. The van der Waals surface area contributed by atoms with E-state index in [1.54, 1.807) is 23.1 Å². The van der Waals surface area contributed by atoms with Crippen LogP contribution in [0.2, 0.25) is 5.02 Å². The van der Waals surface area contributed by atoms with Gasteiger partial charge in [-0.3, -0.25) is 4.79 Å². The Morgan fingerprint density at radius 2 is 2.00 bits per heavy atom. The number of nitrogens with zero attached hydrogens (tertiary/aromatic N) is 1. The normalized spacial score (nSPS) is 15.2. The molecule has 1 aliphatic heterocycles. The van der Waals surface area contributed by atoms with E-state index in [4.69, 9.17) is 16.3 Å². The number of urea groups is 1. The summed E-state index contributed by atoms with van der Waals surface area (Å²) in [6.45, 7) is 3.57. The number of hydrogen-bond acceptors (Lipinski definition) is 3. The quantitative estimate of drug-likeness (QED) is 0.848. The van der Waals surface area contributed by atoms with Gasteiger partial charge < -0.3 is 15.0 Å². The maximum Gasteiger partial charge on any atom is 0.322 e. The molecule has 0 atom stereocenters. The zero-order chi connectivity index (χ0) is 13.8. The van der Waals surface area contributed by atoms with Crippen molar-refractivity contribution < 1.29 is 14.3 Å². The van der Waals surface area contributed by atoms with E-state index in [0.717, 1.165) is 0 Å². The minimum Gasteiger partial charge on any atom is -0.378 e. The first-order chi connectivity index (χ1) is 9.09. The Kier molecular flexibility index (Phi) is 4.39. The largest absolute Gasteiger partial charge is 0.378 e. The fourth-order valence-electron chi connectivity index (χ4n) is 1.95. The number of halogens is 1. The van der Waals surface area contributed by atoms with Crippen molar-refractivity contribution in [3.8, 4) is 0 Å². The van der Waals surface area contributed by atoms with Gasteiger partial charge in [-0.15, -0.1) is 0 Å². The van der Waals surface area contributed by atoms with Gasteiger partial charge in [0, 0.05) is 13.1 Å². The van der Waals surface area contributed by atoms with Crippen LogP contribution in [-0.4, -0.2) is 43.0 Å². The minimum absolute atomic E-state index is 0.178. The number of benzene rings is 1. The lowest BCUT2D eigenvalue weighted by atomic mass is 10.1. The molecule has 0 spiro atoms. The number of morpholine rings is 1. The number of nitrogens with one attached hydrogen (secondary N) is 1. The number of amides is 2. The molecule has 2 amide bonds. The summed E-state index contributed by atoms with van der Waals surface area (Å²) in [7, 11) is 0. The molecule has 102 valence electrons. The first-order valence-corrected chi connectivity index (χ1v) is 6.40. The summed E-state index contributed by atoms with van der Waals surface area (Å²) in [6.07, 6.45) is 0. The van der Waals surface area contributed by atoms with Crippen molar-refractivity contribution in [2.45, 2.75) is 6.92 Å². The number of ketones is 1. The van der Waals surface area contributed by atoms with Crippen LogP contribution in [0, 0.1) is 0 Å². The van der Waals surface area contributed by atoms with E-state index >= 15 is 0 Å². The summed E-state index contributed by atoms with van der Waals surface area (Å²) < 4.78 is 5.18. The van der Waals surface area contributed by atoms with Crippen LogP contribution in [0.15, 0.2) is 18.2 Å². The van der Waals surface area contributed by atoms with Gasteiger partial charge in [-0.2, -0.15) is 0 Å². The second-order valence-corrected chi connectivity index (χ2v) is 4.66. The van der Waals surface area contributed by atoms with E-state index in [2.05, 4.69) is 5.32 Å². The summed E-state index contributed by atoms with van der Waals surface area (Å²) >= 11 is 5.99. The van der Waals surface area contributed by atoms with E-state index in [1.165, 1.54) is 6.92 Å². The molecule has 1 aromatic rings. The second-order valence-electron chi connectivity index (χ2n) is 4.25. The van der Waals surface area contributed by atoms with Crippen molar-refractivity contribution in [1.29, 1.82) is 0 Å². The molecule has 1 aromatic carbocycles. The standard InChI is InChI=1S/C13H15ClN2O3/c1-9(17)12-10(14)3-2-4-11(12)15-13(18)16-5-7-19-8-6-16/h2-4H,5-8H2,1H3,(H,15,18). The highest BCUT2D eigenvalue weighted by Crippen LogP contribution is 2.25. The van der Waals surface area contributed by atoms with Crippen LogP contribution in [0.4, 0.5) is 10.5 Å². The molecular formula is C13H15ClN2O3. The summed E-state index contributed by atoms with van der Waals surface area (Å²) in [5, 5.41) is 3.07. The van der Waals surface area contributed by atoms with Crippen molar-refractivity contribution in [3.63, 3.8) is 0 Å². The van der Waals surface area contributed by atoms with Gasteiger partial charge in [0.05, 0.1) is 29.5 Å². The number of rotatable bonds is 2. The lowest BCUT2D eigenvalue weighted by molar-refractivity contribution is 0.0564. The molecule has 1 fully saturated rings. The molecule has 1 N–H and O–H groups in total. The molecule has 19 heavy (non-hydrogen) atoms. The van der Waals surface area contributed by atoms with Gasteiger partial charge in [-0.1, -0.05) is 17.7 Å². The Morgan fingerprint density at radius 3 is 2.63 bits per heavy atom. The van der Waals surface area contributed by atoms with E-state index in [9.17, 15) is 9.59 Å². The highest BCUT2D eigenvalue weighted by atomic mass is 35.5. The fraction of sp³-hybridized carbons (Fsp3) is 0.385. The first-order valence-electron chi connectivity index (χ1n) is 6.02. The molecule has 2 rings (SSSR count). The van der Waals surface area contributed by atoms with Crippen LogP contribution in [-0.2, 0) is 4.74 Å². The average molecular weight is 283 g/mol. The molecule has 0 unspecified atom stereocenters. The number of ether oxygens (including phenoxy) is 1. The lowest BCUT2D eigenvalue weighted by Crippen LogP contribution is -2.43. The highest BCUT2D eigenvalue weighted by molar-refractivity contribution is 6.34. The molecule has 0 aliphatic carbocycles. The zero-order valence-electron chi connectivity index (χ0n) is 10.6. The van der Waals surface area contributed by atoms with Crippen molar-refractivity contribution in [3.05, 3.63) is 28.8 Å².